The van der Waals surface area contributed by atoms with E-state index in [2.05, 4.69) is 0 Å². The topological polar surface area (TPSA) is 91.8 Å². The lowest BCUT2D eigenvalue weighted by Crippen LogP contribution is -2.50. The van der Waals surface area contributed by atoms with Gasteiger partial charge in [0.05, 0.1) is 17.9 Å². The number of nitrogens with zero attached hydrogens (tertiary/aromatic N) is 2. The van der Waals surface area contributed by atoms with Gasteiger partial charge in [-0.15, -0.1) is 0 Å². The molecule has 0 unspecified atom stereocenters. The average molecular weight is 400 g/mol. The minimum absolute atomic E-state index is 0.1000. The molecule has 0 aliphatic carbocycles. The lowest BCUT2D eigenvalue weighted by Gasteiger charge is -2.30. The molecule has 0 saturated carbocycles. The van der Waals surface area contributed by atoms with Crippen LogP contribution in [0.15, 0.2) is 60.7 Å². The van der Waals surface area contributed by atoms with Gasteiger partial charge in [0.1, 0.15) is 6.04 Å². The number of rotatable bonds is 5. The molecule has 2 amide bonds. The highest BCUT2D eigenvalue weighted by atomic mass is 32.2. The van der Waals surface area contributed by atoms with Crippen molar-refractivity contribution in [3.63, 3.8) is 0 Å². The number of benzene rings is 2. The molecule has 1 aliphatic heterocycles. The predicted molar refractivity (Wildman–Crippen MR) is 104 cm³/mol. The molecular formula is C20H20N2O5S. The summed E-state index contributed by atoms with van der Waals surface area (Å²) in [5.74, 6) is -3.05. The van der Waals surface area contributed by atoms with Crippen molar-refractivity contribution < 1.29 is 22.8 Å². The summed E-state index contributed by atoms with van der Waals surface area (Å²) in [6.07, 6.45) is 0.994. The van der Waals surface area contributed by atoms with Crippen LogP contribution in [0, 0.1) is 0 Å². The molecule has 0 aromatic heterocycles. The molecule has 8 heteroatoms. The first-order valence-electron chi connectivity index (χ1n) is 8.70. The lowest BCUT2D eigenvalue weighted by atomic mass is 9.97. The molecular weight excluding hydrogens is 380 g/mol. The molecule has 0 spiro atoms. The van der Waals surface area contributed by atoms with E-state index in [-0.39, 0.29) is 6.54 Å². The Kier molecular flexibility index (Phi) is 5.33. The van der Waals surface area contributed by atoms with Crippen molar-refractivity contribution in [1.29, 1.82) is 0 Å². The van der Waals surface area contributed by atoms with E-state index in [1.807, 2.05) is 0 Å². The lowest BCUT2D eigenvalue weighted by molar-refractivity contribution is -0.147. The quantitative estimate of drug-likeness (QED) is 0.711. The third-order valence-corrected chi connectivity index (χ3v) is 5.92. The maximum absolute atomic E-state index is 13.0. The number of ketones is 1. The van der Waals surface area contributed by atoms with Gasteiger partial charge in [-0.25, -0.2) is 8.42 Å². The minimum Gasteiger partial charge on any atom is -0.288 e. The fraction of sp³-hybridized carbons (Fsp3) is 0.250. The van der Waals surface area contributed by atoms with E-state index in [0.717, 1.165) is 15.5 Å². The van der Waals surface area contributed by atoms with E-state index < -0.39 is 39.6 Å². The molecule has 0 radical (unpaired) electrons. The number of Topliss-reactive ketones (excluding diaryl/α,β-unsaturated/α-hetero) is 1. The van der Waals surface area contributed by atoms with E-state index in [1.54, 1.807) is 60.7 Å². The number of carbonyl (C=O) groups is 3. The highest BCUT2D eigenvalue weighted by Gasteiger charge is 2.45. The Morgan fingerprint density at radius 3 is 2.11 bits per heavy atom. The third-order valence-electron chi connectivity index (χ3n) is 4.68. The van der Waals surface area contributed by atoms with Gasteiger partial charge in [-0.2, -0.15) is 0 Å². The second-order valence-corrected chi connectivity index (χ2v) is 8.51. The Hall–Kier alpha value is -3.00. The number of anilines is 1. The van der Waals surface area contributed by atoms with Crippen molar-refractivity contribution in [2.75, 3.05) is 17.1 Å². The Morgan fingerprint density at radius 2 is 1.57 bits per heavy atom. The van der Waals surface area contributed by atoms with Gasteiger partial charge in [0.2, 0.25) is 15.8 Å². The van der Waals surface area contributed by atoms with Gasteiger partial charge in [0, 0.05) is 6.54 Å². The maximum atomic E-state index is 13.0. The molecule has 1 saturated heterocycles. The zero-order valence-electron chi connectivity index (χ0n) is 15.5. The largest absolute Gasteiger partial charge is 0.297 e. The zero-order valence-corrected chi connectivity index (χ0v) is 16.3. The van der Waals surface area contributed by atoms with Crippen LogP contribution in [-0.2, 0) is 24.4 Å². The zero-order chi connectivity index (χ0) is 20.5. The molecule has 3 rings (SSSR count). The fourth-order valence-corrected chi connectivity index (χ4v) is 4.53. The van der Waals surface area contributed by atoms with Gasteiger partial charge >= 0.3 is 0 Å². The first kappa shape index (κ1) is 19.8. The van der Waals surface area contributed by atoms with Crippen LogP contribution in [-0.4, -0.2) is 49.8 Å². The highest BCUT2D eigenvalue weighted by Crippen LogP contribution is 2.28. The summed E-state index contributed by atoms with van der Waals surface area (Å²) >= 11 is 0. The molecule has 1 fully saturated rings. The minimum atomic E-state index is -3.80. The molecule has 2 atom stereocenters. The van der Waals surface area contributed by atoms with E-state index in [4.69, 9.17) is 0 Å². The second kappa shape index (κ2) is 7.55. The van der Waals surface area contributed by atoms with Gasteiger partial charge < -0.3 is 0 Å². The van der Waals surface area contributed by atoms with Crippen molar-refractivity contribution in [2.45, 2.75) is 18.9 Å². The molecule has 2 aromatic carbocycles. The van der Waals surface area contributed by atoms with Crippen LogP contribution in [0.2, 0.25) is 0 Å². The van der Waals surface area contributed by atoms with E-state index in [9.17, 15) is 22.8 Å². The Morgan fingerprint density at radius 1 is 1.04 bits per heavy atom. The summed E-state index contributed by atoms with van der Waals surface area (Å²) in [6, 6.07) is 15.7. The summed E-state index contributed by atoms with van der Waals surface area (Å²) in [6.45, 7) is 1.31. The van der Waals surface area contributed by atoms with E-state index in [1.165, 1.54) is 6.92 Å². The molecule has 1 aliphatic rings. The van der Waals surface area contributed by atoms with Gasteiger partial charge in [-0.3, -0.25) is 23.6 Å². The second-order valence-electron chi connectivity index (χ2n) is 6.65. The van der Waals surface area contributed by atoms with Crippen LogP contribution in [0.1, 0.15) is 18.4 Å². The summed E-state index contributed by atoms with van der Waals surface area (Å²) < 4.78 is 25.6. The number of hydrogen-bond donors (Lipinski definition) is 0. The van der Waals surface area contributed by atoms with E-state index in [0.29, 0.717) is 11.3 Å². The first-order valence-corrected chi connectivity index (χ1v) is 10.6. The number of amides is 2. The SMILES string of the molecule is C[C@@H](C(=O)N1C[C@@H](c2ccccc2)C(=O)C1=O)N(c1ccccc1)S(C)(=O)=O. The molecule has 146 valence electrons. The number of likely N-dealkylation sites (tertiary alicyclic amines) is 1. The molecule has 1 heterocycles. The molecule has 0 bridgehead atoms. The average Bonchev–Trinajstić information content (AvgIpc) is 2.97. The normalized spacial score (nSPS) is 18.2. The van der Waals surface area contributed by atoms with Gasteiger partial charge in [0.15, 0.2) is 0 Å². The number of hydrogen-bond acceptors (Lipinski definition) is 5. The molecule has 7 nitrogen and oxygen atoms in total. The monoisotopic (exact) mass is 400 g/mol. The van der Waals surface area contributed by atoms with Crippen molar-refractivity contribution in [2.24, 2.45) is 0 Å². The third kappa shape index (κ3) is 3.68. The number of carbonyl (C=O) groups excluding carboxylic acids is 3. The van der Waals surface area contributed by atoms with Crippen LogP contribution >= 0.6 is 0 Å². The summed E-state index contributed by atoms with van der Waals surface area (Å²) in [4.78, 5) is 38.7. The summed E-state index contributed by atoms with van der Waals surface area (Å²) in [5, 5.41) is 0. The van der Waals surface area contributed by atoms with Crippen LogP contribution in [0.3, 0.4) is 0 Å². The van der Waals surface area contributed by atoms with Crippen molar-refractivity contribution in [1.82, 2.24) is 4.90 Å². The van der Waals surface area contributed by atoms with Gasteiger partial charge in [0.25, 0.3) is 11.8 Å². The van der Waals surface area contributed by atoms with E-state index >= 15 is 0 Å². The molecule has 2 aromatic rings. The van der Waals surface area contributed by atoms with Crippen molar-refractivity contribution in [3.8, 4) is 0 Å². The highest BCUT2D eigenvalue weighted by molar-refractivity contribution is 7.92. The Balaban J connectivity index is 1.90. The van der Waals surface area contributed by atoms with Crippen molar-refractivity contribution in [3.05, 3.63) is 66.2 Å². The number of para-hydroxylation sites is 1. The van der Waals surface area contributed by atoms with Crippen molar-refractivity contribution >= 4 is 33.3 Å². The van der Waals surface area contributed by atoms with Crippen LogP contribution in [0.5, 0.6) is 0 Å². The number of imide groups is 1. The predicted octanol–water partition coefficient (Wildman–Crippen LogP) is 1.56. The summed E-state index contributed by atoms with van der Waals surface area (Å²) in [5.41, 5.74) is 0.954. The first-order chi connectivity index (χ1) is 13.2. The maximum Gasteiger partial charge on any atom is 0.297 e. The number of sulfonamides is 1. The Bertz CT molecular complexity index is 1010. The van der Waals surface area contributed by atoms with Crippen LogP contribution in [0.25, 0.3) is 0 Å². The molecule has 28 heavy (non-hydrogen) atoms. The fourth-order valence-electron chi connectivity index (χ4n) is 3.37. The Labute approximate surface area is 163 Å². The smallest absolute Gasteiger partial charge is 0.288 e. The van der Waals surface area contributed by atoms with Crippen LogP contribution in [0.4, 0.5) is 5.69 Å². The molecule has 0 N–H and O–H groups in total. The van der Waals surface area contributed by atoms with Crippen LogP contribution < -0.4 is 4.31 Å². The van der Waals surface area contributed by atoms with Gasteiger partial charge in [-0.05, 0) is 24.6 Å². The summed E-state index contributed by atoms with van der Waals surface area (Å²) in [7, 11) is -3.80. The standard InChI is InChI=1S/C20H20N2O5S/c1-14(22(28(2,26)27)16-11-7-4-8-12-16)19(24)21-13-17(18(23)20(21)25)15-9-5-3-6-10-15/h3-12,14,17H,13H2,1-2H3/t14-,17-/m0/s1. The van der Waals surface area contributed by atoms with Gasteiger partial charge in [-0.1, -0.05) is 48.5 Å².